The topological polar surface area (TPSA) is 54.0 Å². The van der Waals surface area contributed by atoms with Gasteiger partial charge in [-0.15, -0.1) is 0 Å². The van der Waals surface area contributed by atoms with Crippen molar-refractivity contribution in [2.75, 3.05) is 17.2 Å². The van der Waals surface area contributed by atoms with Crippen molar-refractivity contribution in [3.8, 4) is 0 Å². The van der Waals surface area contributed by atoms with Crippen LogP contribution >= 0.6 is 0 Å². The summed E-state index contributed by atoms with van der Waals surface area (Å²) in [4.78, 5) is 17.1. The Morgan fingerprint density at radius 3 is 2.11 bits per heavy atom. The first kappa shape index (κ1) is 19.6. The second kappa shape index (κ2) is 10.3. The summed E-state index contributed by atoms with van der Waals surface area (Å²) < 4.78 is 0. The molecule has 4 heteroatoms. The summed E-state index contributed by atoms with van der Waals surface area (Å²) in [6.45, 7) is 3.09. The molecule has 1 amide bonds. The highest BCUT2D eigenvalue weighted by molar-refractivity contribution is 5.90. The number of aromatic nitrogens is 1. The molecule has 1 aromatic heterocycles. The number of nitrogens with one attached hydrogen (secondary N) is 2. The molecule has 144 valence electrons. The van der Waals surface area contributed by atoms with Crippen molar-refractivity contribution in [1.29, 1.82) is 0 Å². The third-order valence-electron chi connectivity index (χ3n) is 4.68. The van der Waals surface area contributed by atoms with E-state index in [1.54, 1.807) is 6.20 Å². The van der Waals surface area contributed by atoms with E-state index in [9.17, 15) is 4.79 Å². The first-order valence-corrected chi connectivity index (χ1v) is 9.86. The van der Waals surface area contributed by atoms with Crippen molar-refractivity contribution in [3.05, 3.63) is 90.1 Å². The molecule has 2 aromatic carbocycles. The summed E-state index contributed by atoms with van der Waals surface area (Å²) in [7, 11) is 0. The Kier molecular flexibility index (Phi) is 7.19. The number of hydrogen-bond donors (Lipinski definition) is 2. The van der Waals surface area contributed by atoms with E-state index in [0.717, 1.165) is 36.2 Å². The Bertz CT molecular complexity index is 809. The quantitative estimate of drug-likeness (QED) is 0.490. The Morgan fingerprint density at radius 2 is 1.57 bits per heavy atom. The molecule has 2 N–H and O–H groups in total. The Morgan fingerprint density at radius 1 is 0.929 bits per heavy atom. The second-order valence-corrected chi connectivity index (χ2v) is 6.84. The summed E-state index contributed by atoms with van der Waals surface area (Å²) >= 11 is 0. The molecular formula is C24H27N3O. The van der Waals surface area contributed by atoms with Crippen LogP contribution in [0, 0.1) is 0 Å². The van der Waals surface area contributed by atoms with Gasteiger partial charge in [0.25, 0.3) is 0 Å². The van der Waals surface area contributed by atoms with E-state index in [2.05, 4.69) is 46.8 Å². The van der Waals surface area contributed by atoms with Crippen molar-refractivity contribution in [2.24, 2.45) is 0 Å². The number of rotatable bonds is 9. The summed E-state index contributed by atoms with van der Waals surface area (Å²) in [5, 5.41) is 6.25. The molecule has 0 saturated carbocycles. The first-order chi connectivity index (χ1) is 13.8. The largest absolute Gasteiger partial charge is 0.384 e. The van der Waals surface area contributed by atoms with E-state index < -0.39 is 0 Å². The number of pyridine rings is 1. The number of nitrogens with zero attached hydrogens (tertiary/aromatic N) is 1. The van der Waals surface area contributed by atoms with Crippen LogP contribution in [0.5, 0.6) is 0 Å². The molecule has 0 spiro atoms. The van der Waals surface area contributed by atoms with Crippen molar-refractivity contribution >= 4 is 17.4 Å². The summed E-state index contributed by atoms with van der Waals surface area (Å²) in [6.07, 6.45) is 4.40. The van der Waals surface area contributed by atoms with Crippen LogP contribution in [0.2, 0.25) is 0 Å². The molecule has 3 rings (SSSR count). The minimum Gasteiger partial charge on any atom is -0.384 e. The van der Waals surface area contributed by atoms with Crippen LogP contribution in [0.3, 0.4) is 0 Å². The SMILES string of the molecule is CCCCNc1ccc(NC(=O)CC(c2ccccc2)c2ccccc2)nc1. The molecule has 1 heterocycles. The van der Waals surface area contributed by atoms with Gasteiger partial charge in [0.1, 0.15) is 5.82 Å². The molecule has 0 aliphatic heterocycles. The van der Waals surface area contributed by atoms with Crippen LogP contribution in [0.4, 0.5) is 11.5 Å². The van der Waals surface area contributed by atoms with Gasteiger partial charge in [-0.3, -0.25) is 4.79 Å². The second-order valence-electron chi connectivity index (χ2n) is 6.84. The molecule has 3 aromatic rings. The fraction of sp³-hybridized carbons (Fsp3) is 0.250. The van der Waals surface area contributed by atoms with Gasteiger partial charge in [0, 0.05) is 18.9 Å². The van der Waals surface area contributed by atoms with Gasteiger partial charge < -0.3 is 10.6 Å². The predicted molar refractivity (Wildman–Crippen MR) is 116 cm³/mol. The van der Waals surface area contributed by atoms with Crippen molar-refractivity contribution in [2.45, 2.75) is 32.1 Å². The highest BCUT2D eigenvalue weighted by atomic mass is 16.1. The number of anilines is 2. The third-order valence-corrected chi connectivity index (χ3v) is 4.68. The molecule has 0 saturated heterocycles. The Labute approximate surface area is 167 Å². The van der Waals surface area contributed by atoms with E-state index in [1.807, 2.05) is 48.5 Å². The number of unbranched alkanes of at least 4 members (excludes halogenated alkanes) is 1. The number of benzene rings is 2. The number of carbonyl (C=O) groups is 1. The van der Waals surface area contributed by atoms with Crippen LogP contribution in [0.25, 0.3) is 0 Å². The summed E-state index contributed by atoms with van der Waals surface area (Å²) in [5.41, 5.74) is 3.23. The third kappa shape index (κ3) is 5.68. The van der Waals surface area contributed by atoms with E-state index in [0.29, 0.717) is 12.2 Å². The number of amides is 1. The van der Waals surface area contributed by atoms with Gasteiger partial charge in [0.2, 0.25) is 5.91 Å². The minimum absolute atomic E-state index is 0.0115. The van der Waals surface area contributed by atoms with Gasteiger partial charge >= 0.3 is 0 Å². The van der Waals surface area contributed by atoms with E-state index >= 15 is 0 Å². The molecule has 0 aliphatic carbocycles. The van der Waals surface area contributed by atoms with E-state index in [-0.39, 0.29) is 11.8 Å². The zero-order valence-corrected chi connectivity index (χ0v) is 16.3. The molecular weight excluding hydrogens is 346 g/mol. The zero-order chi connectivity index (χ0) is 19.6. The average molecular weight is 374 g/mol. The maximum atomic E-state index is 12.7. The zero-order valence-electron chi connectivity index (χ0n) is 16.3. The molecule has 0 unspecified atom stereocenters. The molecule has 0 aliphatic rings. The first-order valence-electron chi connectivity index (χ1n) is 9.86. The molecule has 4 nitrogen and oxygen atoms in total. The highest BCUT2D eigenvalue weighted by Crippen LogP contribution is 2.28. The lowest BCUT2D eigenvalue weighted by Crippen LogP contribution is -2.17. The van der Waals surface area contributed by atoms with Crippen LogP contribution in [0.1, 0.15) is 43.2 Å². The fourth-order valence-electron chi connectivity index (χ4n) is 3.16. The summed E-state index contributed by atoms with van der Waals surface area (Å²) in [5.74, 6) is 0.542. The fourth-order valence-corrected chi connectivity index (χ4v) is 3.16. The lowest BCUT2D eigenvalue weighted by Gasteiger charge is -2.18. The maximum Gasteiger partial charge on any atom is 0.226 e. The summed E-state index contributed by atoms with van der Waals surface area (Å²) in [6, 6.07) is 24.1. The van der Waals surface area contributed by atoms with Crippen LogP contribution in [0.15, 0.2) is 79.0 Å². The standard InChI is InChI=1S/C24H27N3O/c1-2-3-16-25-21-14-15-23(26-18-21)27-24(28)17-22(19-10-6-4-7-11-19)20-12-8-5-9-13-20/h4-15,18,22,25H,2-3,16-17H2,1H3,(H,26,27,28). The molecule has 28 heavy (non-hydrogen) atoms. The lowest BCUT2D eigenvalue weighted by molar-refractivity contribution is -0.116. The highest BCUT2D eigenvalue weighted by Gasteiger charge is 2.18. The van der Waals surface area contributed by atoms with Crippen molar-refractivity contribution < 1.29 is 4.79 Å². The Hall–Kier alpha value is -3.14. The van der Waals surface area contributed by atoms with E-state index in [1.165, 1.54) is 0 Å². The molecule has 0 bridgehead atoms. The van der Waals surface area contributed by atoms with E-state index in [4.69, 9.17) is 0 Å². The minimum atomic E-state index is -0.0445. The van der Waals surface area contributed by atoms with Crippen LogP contribution < -0.4 is 10.6 Å². The predicted octanol–water partition coefficient (Wildman–Crippen LogP) is 5.45. The molecule has 0 fully saturated rings. The Balaban J connectivity index is 1.66. The molecule has 0 atom stereocenters. The lowest BCUT2D eigenvalue weighted by atomic mass is 9.88. The number of carbonyl (C=O) groups excluding carboxylic acids is 1. The van der Waals surface area contributed by atoms with Crippen molar-refractivity contribution in [1.82, 2.24) is 4.98 Å². The van der Waals surface area contributed by atoms with Crippen molar-refractivity contribution in [3.63, 3.8) is 0 Å². The maximum absolute atomic E-state index is 12.7. The van der Waals surface area contributed by atoms with Gasteiger partial charge in [-0.1, -0.05) is 74.0 Å². The van der Waals surface area contributed by atoms with Gasteiger partial charge in [-0.2, -0.15) is 0 Å². The van der Waals surface area contributed by atoms with Gasteiger partial charge in [0.05, 0.1) is 11.9 Å². The normalized spacial score (nSPS) is 10.6. The van der Waals surface area contributed by atoms with Gasteiger partial charge in [-0.25, -0.2) is 4.98 Å². The monoisotopic (exact) mass is 373 g/mol. The van der Waals surface area contributed by atoms with Crippen LogP contribution in [-0.4, -0.2) is 17.4 Å². The van der Waals surface area contributed by atoms with Gasteiger partial charge in [0.15, 0.2) is 0 Å². The van der Waals surface area contributed by atoms with Gasteiger partial charge in [-0.05, 0) is 29.7 Å². The smallest absolute Gasteiger partial charge is 0.226 e. The van der Waals surface area contributed by atoms with Crippen LogP contribution in [-0.2, 0) is 4.79 Å². The average Bonchev–Trinajstić information content (AvgIpc) is 2.75. The molecule has 0 radical (unpaired) electrons. The number of hydrogen-bond acceptors (Lipinski definition) is 3.